The van der Waals surface area contributed by atoms with Crippen molar-refractivity contribution in [3.8, 4) is 33.4 Å². The van der Waals surface area contributed by atoms with Crippen molar-refractivity contribution in [2.24, 2.45) is 5.73 Å². The van der Waals surface area contributed by atoms with Crippen molar-refractivity contribution in [2.45, 2.75) is 13.2 Å². The molecule has 0 aliphatic carbocycles. The number of fused-ring (bicyclic) bond motifs is 1. The first-order chi connectivity index (χ1) is 19.6. The van der Waals surface area contributed by atoms with Crippen LogP contribution < -0.4 is 16.1 Å². The van der Waals surface area contributed by atoms with Crippen molar-refractivity contribution >= 4 is 11.0 Å². The molecule has 0 unspecified atom stereocenters. The summed E-state index contributed by atoms with van der Waals surface area (Å²) in [5.74, 6) is -0.502. The SMILES string of the molecule is NCc1ccc(-c2ccc(-c3c(-c4ccccc4)c(=O)n(OCc4ccccc4)c4ncc(F)cc34)cc2)cc1. The van der Waals surface area contributed by atoms with E-state index >= 15 is 0 Å². The first kappa shape index (κ1) is 25.2. The molecule has 0 bridgehead atoms. The van der Waals surface area contributed by atoms with Crippen molar-refractivity contribution in [2.75, 3.05) is 0 Å². The molecular formula is C34H26FN3O2. The fraction of sp³-hybridized carbons (Fsp3) is 0.0588. The second-order valence-corrected chi connectivity index (χ2v) is 9.48. The minimum Gasteiger partial charge on any atom is -0.404 e. The lowest BCUT2D eigenvalue weighted by atomic mass is 9.92. The van der Waals surface area contributed by atoms with E-state index in [1.54, 1.807) is 0 Å². The Morgan fingerprint density at radius 3 is 1.93 bits per heavy atom. The molecule has 2 heterocycles. The van der Waals surface area contributed by atoms with Crippen molar-refractivity contribution in [3.63, 3.8) is 0 Å². The number of halogens is 1. The number of nitrogens with two attached hydrogens (primary N) is 1. The van der Waals surface area contributed by atoms with Crippen LogP contribution in [0.3, 0.4) is 0 Å². The van der Waals surface area contributed by atoms with Gasteiger partial charge in [-0.05, 0) is 39.4 Å². The van der Waals surface area contributed by atoms with Gasteiger partial charge in [0.1, 0.15) is 12.4 Å². The lowest BCUT2D eigenvalue weighted by molar-refractivity contribution is 0.0983. The maximum absolute atomic E-state index is 14.7. The summed E-state index contributed by atoms with van der Waals surface area (Å²) >= 11 is 0. The number of nitrogens with zero attached hydrogens (tertiary/aromatic N) is 2. The van der Waals surface area contributed by atoms with Crippen molar-refractivity contribution < 1.29 is 9.23 Å². The average Bonchev–Trinajstić information content (AvgIpc) is 3.01. The number of pyridine rings is 2. The molecule has 196 valence electrons. The van der Waals surface area contributed by atoms with E-state index in [-0.39, 0.29) is 17.8 Å². The summed E-state index contributed by atoms with van der Waals surface area (Å²) in [6.07, 6.45) is 1.10. The van der Waals surface area contributed by atoms with Gasteiger partial charge >= 0.3 is 0 Å². The van der Waals surface area contributed by atoms with E-state index in [4.69, 9.17) is 10.6 Å². The number of hydrogen-bond donors (Lipinski definition) is 1. The molecule has 6 aromatic rings. The van der Waals surface area contributed by atoms with Crippen LogP contribution in [0, 0.1) is 5.82 Å². The Bertz CT molecular complexity index is 1830. The van der Waals surface area contributed by atoms with Gasteiger partial charge in [0.2, 0.25) is 0 Å². The topological polar surface area (TPSA) is 70.1 Å². The fourth-order valence-corrected chi connectivity index (χ4v) is 4.89. The highest BCUT2D eigenvalue weighted by molar-refractivity contribution is 6.01. The van der Waals surface area contributed by atoms with Gasteiger partial charge in [0, 0.05) is 17.5 Å². The van der Waals surface area contributed by atoms with Crippen LogP contribution in [0.2, 0.25) is 0 Å². The lowest BCUT2D eigenvalue weighted by Gasteiger charge is -2.18. The molecular weight excluding hydrogens is 501 g/mol. The first-order valence-electron chi connectivity index (χ1n) is 13.0. The Hall–Kier alpha value is -5.07. The minimum absolute atomic E-state index is 0.153. The van der Waals surface area contributed by atoms with Crippen LogP contribution in [-0.2, 0) is 13.2 Å². The van der Waals surface area contributed by atoms with Gasteiger partial charge in [0.05, 0.1) is 11.8 Å². The summed E-state index contributed by atoms with van der Waals surface area (Å²) in [4.78, 5) is 24.5. The smallest absolute Gasteiger partial charge is 0.293 e. The van der Waals surface area contributed by atoms with Crippen LogP contribution >= 0.6 is 0 Å². The largest absolute Gasteiger partial charge is 0.404 e. The zero-order valence-corrected chi connectivity index (χ0v) is 21.6. The highest BCUT2D eigenvalue weighted by Gasteiger charge is 2.22. The Morgan fingerprint density at radius 1 is 0.700 bits per heavy atom. The molecule has 0 saturated heterocycles. The third-order valence-corrected chi connectivity index (χ3v) is 6.91. The van der Waals surface area contributed by atoms with Crippen molar-refractivity contribution in [1.82, 2.24) is 9.71 Å². The molecule has 0 saturated carbocycles. The third kappa shape index (κ3) is 4.88. The second-order valence-electron chi connectivity index (χ2n) is 9.48. The summed E-state index contributed by atoms with van der Waals surface area (Å²) in [7, 11) is 0. The predicted octanol–water partition coefficient (Wildman–Crippen LogP) is 6.62. The normalized spacial score (nSPS) is 11.1. The van der Waals surface area contributed by atoms with Gasteiger partial charge in [0.25, 0.3) is 5.56 Å². The van der Waals surface area contributed by atoms with Crippen LogP contribution in [0.5, 0.6) is 0 Å². The third-order valence-electron chi connectivity index (χ3n) is 6.91. The van der Waals surface area contributed by atoms with Gasteiger partial charge in [-0.1, -0.05) is 109 Å². The molecule has 0 aliphatic heterocycles. The Balaban J connectivity index is 1.54. The predicted molar refractivity (Wildman–Crippen MR) is 157 cm³/mol. The van der Waals surface area contributed by atoms with Crippen molar-refractivity contribution in [3.05, 3.63) is 149 Å². The van der Waals surface area contributed by atoms with E-state index in [9.17, 15) is 9.18 Å². The van der Waals surface area contributed by atoms with E-state index < -0.39 is 5.82 Å². The van der Waals surface area contributed by atoms with Crippen LogP contribution in [-0.4, -0.2) is 9.71 Å². The molecule has 0 spiro atoms. The highest BCUT2D eigenvalue weighted by Crippen LogP contribution is 2.36. The summed E-state index contributed by atoms with van der Waals surface area (Å²) in [6, 6.07) is 36.3. The van der Waals surface area contributed by atoms with Gasteiger partial charge in [-0.25, -0.2) is 9.37 Å². The summed E-state index contributed by atoms with van der Waals surface area (Å²) < 4.78 is 15.9. The Morgan fingerprint density at radius 2 is 1.27 bits per heavy atom. The molecule has 40 heavy (non-hydrogen) atoms. The zero-order chi connectivity index (χ0) is 27.5. The molecule has 5 nitrogen and oxygen atoms in total. The number of aromatic nitrogens is 2. The molecule has 0 aliphatic rings. The summed E-state index contributed by atoms with van der Waals surface area (Å²) in [5.41, 5.74) is 12.1. The molecule has 0 amide bonds. The van der Waals surface area contributed by atoms with Crippen LogP contribution in [0.4, 0.5) is 4.39 Å². The van der Waals surface area contributed by atoms with E-state index in [2.05, 4.69) is 4.98 Å². The molecule has 6 rings (SSSR count). The summed E-state index contributed by atoms with van der Waals surface area (Å²) in [6.45, 7) is 0.639. The molecule has 0 atom stereocenters. The molecule has 2 aromatic heterocycles. The maximum Gasteiger partial charge on any atom is 0.293 e. The molecule has 6 heteroatoms. The molecule has 0 fully saturated rings. The van der Waals surface area contributed by atoms with E-state index in [0.717, 1.165) is 34.0 Å². The second kappa shape index (κ2) is 11.0. The maximum atomic E-state index is 14.7. The van der Waals surface area contributed by atoms with Gasteiger partial charge in [-0.15, -0.1) is 4.73 Å². The quantitative estimate of drug-likeness (QED) is 0.253. The monoisotopic (exact) mass is 527 g/mol. The highest BCUT2D eigenvalue weighted by atomic mass is 19.1. The van der Waals surface area contributed by atoms with Gasteiger partial charge in [-0.3, -0.25) is 4.79 Å². The number of benzene rings is 4. The molecule has 2 N–H and O–H groups in total. The zero-order valence-electron chi connectivity index (χ0n) is 21.6. The fourth-order valence-electron chi connectivity index (χ4n) is 4.89. The van der Waals surface area contributed by atoms with Crippen LogP contribution in [0.15, 0.2) is 126 Å². The standard InChI is InChI=1S/C34H26FN3O2/c35-29-19-30-31(28-17-15-26(16-18-28)25-13-11-23(20-36)12-14-25)32(27-9-5-2-6-10-27)34(39)38(33(30)37-21-29)40-22-24-7-3-1-4-8-24/h1-19,21H,20,22,36H2. The van der Waals surface area contributed by atoms with Gasteiger partial charge in [0.15, 0.2) is 5.65 Å². The van der Waals surface area contributed by atoms with Gasteiger partial charge in [-0.2, -0.15) is 0 Å². The minimum atomic E-state index is -0.502. The van der Waals surface area contributed by atoms with Gasteiger partial charge < -0.3 is 10.6 Å². The number of hydrogen-bond acceptors (Lipinski definition) is 4. The van der Waals surface area contributed by atoms with Crippen LogP contribution in [0.25, 0.3) is 44.4 Å². The molecule has 4 aromatic carbocycles. The average molecular weight is 528 g/mol. The van der Waals surface area contributed by atoms with E-state index in [0.29, 0.717) is 28.6 Å². The van der Waals surface area contributed by atoms with E-state index in [1.807, 2.05) is 109 Å². The summed E-state index contributed by atoms with van der Waals surface area (Å²) in [5, 5.41) is 0.478. The van der Waals surface area contributed by atoms with E-state index in [1.165, 1.54) is 10.8 Å². The van der Waals surface area contributed by atoms with Crippen molar-refractivity contribution in [1.29, 1.82) is 0 Å². The van der Waals surface area contributed by atoms with Crippen LogP contribution in [0.1, 0.15) is 11.1 Å². The first-order valence-corrected chi connectivity index (χ1v) is 13.0. The Kier molecular flexibility index (Phi) is 6.91. The molecule has 0 radical (unpaired) electrons. The number of rotatable bonds is 7. The lowest BCUT2D eigenvalue weighted by Crippen LogP contribution is -2.29. The Labute approximate surface area is 230 Å².